The summed E-state index contributed by atoms with van der Waals surface area (Å²) in [4.78, 5) is 16.5. The Labute approximate surface area is 142 Å². The number of hydrogen-bond acceptors (Lipinski definition) is 4. The van der Waals surface area contributed by atoms with E-state index in [1.54, 1.807) is 47.7 Å². The number of ether oxygens (including phenoxy) is 1. The highest BCUT2D eigenvalue weighted by molar-refractivity contribution is 7.09. The van der Waals surface area contributed by atoms with E-state index in [1.807, 2.05) is 12.3 Å². The van der Waals surface area contributed by atoms with Gasteiger partial charge in [-0.05, 0) is 49.4 Å². The van der Waals surface area contributed by atoms with E-state index in [0.717, 1.165) is 10.7 Å². The van der Waals surface area contributed by atoms with E-state index in [4.69, 9.17) is 4.74 Å². The lowest BCUT2D eigenvalue weighted by atomic mass is 10.2. The van der Waals surface area contributed by atoms with Gasteiger partial charge in [-0.3, -0.25) is 4.79 Å². The molecule has 0 spiro atoms. The van der Waals surface area contributed by atoms with Gasteiger partial charge in [0.05, 0.1) is 10.7 Å². The Morgan fingerprint density at radius 3 is 2.71 bits per heavy atom. The smallest absolute Gasteiger partial charge is 0.255 e. The summed E-state index contributed by atoms with van der Waals surface area (Å²) in [5, 5.41) is 5.60. The van der Waals surface area contributed by atoms with Crippen molar-refractivity contribution in [2.45, 2.75) is 13.5 Å². The summed E-state index contributed by atoms with van der Waals surface area (Å²) < 4.78 is 18.8. The number of aryl methyl sites for hydroxylation is 1. The van der Waals surface area contributed by atoms with Crippen molar-refractivity contribution in [1.82, 2.24) is 4.98 Å². The Morgan fingerprint density at radius 2 is 2.04 bits per heavy atom. The summed E-state index contributed by atoms with van der Waals surface area (Å²) in [6.07, 6.45) is 0. The quantitative estimate of drug-likeness (QED) is 0.747. The van der Waals surface area contributed by atoms with Crippen molar-refractivity contribution >= 4 is 22.9 Å². The van der Waals surface area contributed by atoms with Crippen LogP contribution in [0.4, 0.5) is 10.1 Å². The average molecular weight is 342 g/mol. The first-order valence-electron chi connectivity index (χ1n) is 7.31. The number of halogens is 1. The highest BCUT2D eigenvalue weighted by Crippen LogP contribution is 2.17. The molecule has 3 rings (SSSR count). The molecular formula is C18H15FN2O2S. The average Bonchev–Trinajstić information content (AvgIpc) is 2.99. The van der Waals surface area contributed by atoms with Crippen LogP contribution in [0, 0.1) is 12.7 Å². The number of carbonyl (C=O) groups excluding carboxylic acids is 1. The minimum Gasteiger partial charge on any atom is -0.487 e. The van der Waals surface area contributed by atoms with Crippen LogP contribution in [-0.4, -0.2) is 10.9 Å². The predicted octanol–water partition coefficient (Wildman–Crippen LogP) is 4.42. The van der Waals surface area contributed by atoms with E-state index in [2.05, 4.69) is 10.3 Å². The van der Waals surface area contributed by atoms with E-state index in [1.165, 1.54) is 12.1 Å². The molecule has 122 valence electrons. The van der Waals surface area contributed by atoms with Gasteiger partial charge in [0.2, 0.25) is 0 Å². The number of nitrogens with one attached hydrogen (secondary N) is 1. The fraction of sp³-hybridized carbons (Fsp3) is 0.111. The van der Waals surface area contributed by atoms with Gasteiger partial charge in [0.1, 0.15) is 18.2 Å². The SMILES string of the molecule is Cc1nc(COc2ccc(C(=O)Nc3cccc(F)c3)cc2)cs1. The molecule has 4 nitrogen and oxygen atoms in total. The molecule has 0 fully saturated rings. The highest BCUT2D eigenvalue weighted by Gasteiger charge is 2.07. The van der Waals surface area contributed by atoms with Gasteiger partial charge < -0.3 is 10.1 Å². The lowest BCUT2D eigenvalue weighted by molar-refractivity contribution is 0.102. The Kier molecular flexibility index (Phi) is 4.86. The first-order chi connectivity index (χ1) is 11.6. The fourth-order valence-corrected chi connectivity index (χ4v) is 2.70. The molecule has 1 aromatic heterocycles. The maximum atomic E-state index is 13.1. The lowest BCUT2D eigenvalue weighted by Gasteiger charge is -2.07. The van der Waals surface area contributed by atoms with Gasteiger partial charge in [-0.2, -0.15) is 0 Å². The van der Waals surface area contributed by atoms with Crippen LogP contribution < -0.4 is 10.1 Å². The lowest BCUT2D eigenvalue weighted by Crippen LogP contribution is -2.11. The van der Waals surface area contributed by atoms with Crippen molar-refractivity contribution in [2.75, 3.05) is 5.32 Å². The third kappa shape index (κ3) is 4.17. The van der Waals surface area contributed by atoms with E-state index in [9.17, 15) is 9.18 Å². The van der Waals surface area contributed by atoms with Gasteiger partial charge in [0.15, 0.2) is 0 Å². The third-order valence-corrected chi connectivity index (χ3v) is 4.07. The van der Waals surface area contributed by atoms with Crippen LogP contribution in [0.3, 0.4) is 0 Å². The maximum Gasteiger partial charge on any atom is 0.255 e. The predicted molar refractivity (Wildman–Crippen MR) is 92.0 cm³/mol. The molecule has 6 heteroatoms. The van der Waals surface area contributed by atoms with Crippen LogP contribution in [0.25, 0.3) is 0 Å². The van der Waals surface area contributed by atoms with E-state index >= 15 is 0 Å². The van der Waals surface area contributed by atoms with Crippen molar-refractivity contribution in [3.63, 3.8) is 0 Å². The number of hydrogen-bond donors (Lipinski definition) is 1. The Morgan fingerprint density at radius 1 is 1.25 bits per heavy atom. The summed E-state index contributed by atoms with van der Waals surface area (Å²) in [5.41, 5.74) is 1.76. The Balaban J connectivity index is 1.60. The zero-order chi connectivity index (χ0) is 16.9. The van der Waals surface area contributed by atoms with Crippen LogP contribution in [0.2, 0.25) is 0 Å². The minimum absolute atomic E-state index is 0.303. The van der Waals surface area contributed by atoms with Crippen LogP contribution in [0.5, 0.6) is 5.75 Å². The molecule has 24 heavy (non-hydrogen) atoms. The van der Waals surface area contributed by atoms with Crippen molar-refractivity contribution in [3.8, 4) is 5.75 Å². The minimum atomic E-state index is -0.395. The van der Waals surface area contributed by atoms with E-state index in [0.29, 0.717) is 23.6 Å². The molecular weight excluding hydrogens is 327 g/mol. The molecule has 0 saturated heterocycles. The second kappa shape index (κ2) is 7.23. The Bertz CT molecular complexity index is 846. The highest BCUT2D eigenvalue weighted by atomic mass is 32.1. The molecule has 0 radical (unpaired) electrons. The molecule has 0 aliphatic carbocycles. The topological polar surface area (TPSA) is 51.2 Å². The number of nitrogens with zero attached hydrogens (tertiary/aromatic N) is 1. The normalized spacial score (nSPS) is 10.4. The van der Waals surface area contributed by atoms with Gasteiger partial charge in [0, 0.05) is 16.6 Å². The largest absolute Gasteiger partial charge is 0.487 e. The van der Waals surface area contributed by atoms with Crippen molar-refractivity contribution in [2.24, 2.45) is 0 Å². The first kappa shape index (κ1) is 16.1. The molecule has 1 amide bonds. The van der Waals surface area contributed by atoms with Crippen LogP contribution in [0.15, 0.2) is 53.9 Å². The van der Waals surface area contributed by atoms with Gasteiger partial charge in [-0.15, -0.1) is 11.3 Å². The van der Waals surface area contributed by atoms with Gasteiger partial charge in [-0.1, -0.05) is 6.07 Å². The van der Waals surface area contributed by atoms with Gasteiger partial charge >= 0.3 is 0 Å². The van der Waals surface area contributed by atoms with Gasteiger partial charge in [-0.25, -0.2) is 9.37 Å². The molecule has 2 aromatic carbocycles. The van der Waals surface area contributed by atoms with Crippen molar-refractivity contribution in [1.29, 1.82) is 0 Å². The maximum absolute atomic E-state index is 13.1. The molecule has 0 atom stereocenters. The van der Waals surface area contributed by atoms with Crippen LogP contribution >= 0.6 is 11.3 Å². The molecule has 0 saturated carbocycles. The number of rotatable bonds is 5. The fourth-order valence-electron chi connectivity index (χ4n) is 2.10. The standard InChI is InChI=1S/C18H15FN2O2S/c1-12-20-16(11-24-12)10-23-17-7-5-13(6-8-17)18(22)21-15-4-2-3-14(19)9-15/h2-9,11H,10H2,1H3,(H,21,22). The molecule has 1 N–H and O–H groups in total. The summed E-state index contributed by atoms with van der Waals surface area (Å²) in [6.45, 7) is 2.33. The number of benzene rings is 2. The zero-order valence-corrected chi connectivity index (χ0v) is 13.8. The van der Waals surface area contributed by atoms with Crippen LogP contribution in [0.1, 0.15) is 21.1 Å². The number of thiazole rings is 1. The van der Waals surface area contributed by atoms with Crippen LogP contribution in [-0.2, 0) is 6.61 Å². The third-order valence-electron chi connectivity index (χ3n) is 3.25. The van der Waals surface area contributed by atoms with Gasteiger partial charge in [0.25, 0.3) is 5.91 Å². The number of aromatic nitrogens is 1. The first-order valence-corrected chi connectivity index (χ1v) is 8.19. The van der Waals surface area contributed by atoms with E-state index < -0.39 is 5.82 Å². The van der Waals surface area contributed by atoms with Crippen molar-refractivity contribution < 1.29 is 13.9 Å². The molecule has 3 aromatic rings. The number of amides is 1. The summed E-state index contributed by atoms with van der Waals surface area (Å²) in [5.74, 6) is -0.0425. The molecule has 0 aliphatic heterocycles. The summed E-state index contributed by atoms with van der Waals surface area (Å²) >= 11 is 1.58. The number of anilines is 1. The molecule has 1 heterocycles. The summed E-state index contributed by atoms with van der Waals surface area (Å²) in [6, 6.07) is 12.5. The molecule has 0 aliphatic rings. The molecule has 0 bridgehead atoms. The Hall–Kier alpha value is -2.73. The second-order valence-electron chi connectivity index (χ2n) is 5.14. The number of carbonyl (C=O) groups is 1. The summed E-state index contributed by atoms with van der Waals surface area (Å²) in [7, 11) is 0. The van der Waals surface area contributed by atoms with Crippen molar-refractivity contribution in [3.05, 3.63) is 76.0 Å². The zero-order valence-electron chi connectivity index (χ0n) is 13.0. The molecule has 0 unspecified atom stereocenters. The monoisotopic (exact) mass is 342 g/mol. The van der Waals surface area contributed by atoms with E-state index in [-0.39, 0.29) is 5.91 Å². The second-order valence-corrected chi connectivity index (χ2v) is 6.20.